The molecule has 9 nitrogen and oxygen atoms in total. The number of nitro benzene ring substituents is 1. The molecule has 1 heterocycles. The van der Waals surface area contributed by atoms with Gasteiger partial charge in [-0.15, -0.1) is 0 Å². The van der Waals surface area contributed by atoms with Crippen LogP contribution >= 0.6 is 11.6 Å². The highest BCUT2D eigenvalue weighted by Gasteiger charge is 2.15. The number of halogens is 1. The van der Waals surface area contributed by atoms with Gasteiger partial charge in [0.15, 0.2) is 0 Å². The van der Waals surface area contributed by atoms with Crippen molar-refractivity contribution < 1.29 is 9.72 Å². The van der Waals surface area contributed by atoms with Crippen LogP contribution in [0.3, 0.4) is 0 Å². The third-order valence-electron chi connectivity index (χ3n) is 5.81. The van der Waals surface area contributed by atoms with Crippen molar-refractivity contribution in [2.24, 2.45) is 0 Å². The minimum atomic E-state index is -0.584. The lowest BCUT2D eigenvalue weighted by Crippen LogP contribution is -2.41. The van der Waals surface area contributed by atoms with Gasteiger partial charge in [-0.3, -0.25) is 28.8 Å². The lowest BCUT2D eigenvalue weighted by Gasteiger charge is -2.14. The molecule has 1 aromatic heterocycles. The number of benzene rings is 3. The molecule has 0 saturated carbocycles. The second-order valence-corrected chi connectivity index (χ2v) is 8.68. The van der Waals surface area contributed by atoms with Crippen molar-refractivity contribution in [3.8, 4) is 0 Å². The van der Waals surface area contributed by atoms with Gasteiger partial charge in [-0.2, -0.15) is 0 Å². The predicted octanol–water partition coefficient (Wildman–Crippen LogP) is 3.52. The van der Waals surface area contributed by atoms with E-state index in [9.17, 15) is 24.5 Å². The Morgan fingerprint density at radius 3 is 2.44 bits per heavy atom. The number of hydrogen-bond donors (Lipinski definition) is 1. The SMILES string of the molecule is O=C(CCn1c(=O)c2ccccc2n(Cc2cccc([N+](=O)[O-])c2)c1=O)NCCc1ccc(Cl)cc1. The van der Waals surface area contributed by atoms with Crippen molar-refractivity contribution >= 4 is 34.1 Å². The lowest BCUT2D eigenvalue weighted by atomic mass is 10.1. The molecular formula is C26H23ClN4O5. The van der Waals surface area contributed by atoms with E-state index in [2.05, 4.69) is 5.32 Å². The number of nitro groups is 1. The summed E-state index contributed by atoms with van der Waals surface area (Å²) >= 11 is 5.88. The second kappa shape index (κ2) is 11.0. The lowest BCUT2D eigenvalue weighted by molar-refractivity contribution is -0.384. The first-order chi connectivity index (χ1) is 17.3. The summed E-state index contributed by atoms with van der Waals surface area (Å²) in [6, 6.07) is 20.0. The number of non-ortho nitro benzene ring substituents is 1. The normalized spacial score (nSPS) is 10.9. The molecule has 1 amide bonds. The summed E-state index contributed by atoms with van der Waals surface area (Å²) in [5.74, 6) is -0.284. The second-order valence-electron chi connectivity index (χ2n) is 8.25. The highest BCUT2D eigenvalue weighted by Crippen LogP contribution is 2.16. The van der Waals surface area contributed by atoms with E-state index in [0.717, 1.165) is 10.1 Å². The van der Waals surface area contributed by atoms with Gasteiger partial charge in [-0.25, -0.2) is 4.79 Å². The number of fused-ring (bicyclic) bond motifs is 1. The Hall–Kier alpha value is -4.24. The van der Waals surface area contributed by atoms with Crippen LogP contribution in [-0.4, -0.2) is 26.5 Å². The molecule has 4 aromatic rings. The van der Waals surface area contributed by atoms with Crippen LogP contribution in [0.2, 0.25) is 5.02 Å². The monoisotopic (exact) mass is 506 g/mol. The maximum Gasteiger partial charge on any atom is 0.331 e. The molecule has 0 aliphatic rings. The Morgan fingerprint density at radius 2 is 1.69 bits per heavy atom. The maximum atomic E-state index is 13.3. The molecule has 3 aromatic carbocycles. The number of nitrogens with one attached hydrogen (secondary N) is 1. The Balaban J connectivity index is 1.53. The summed E-state index contributed by atoms with van der Waals surface area (Å²) < 4.78 is 2.44. The first-order valence-electron chi connectivity index (χ1n) is 11.3. The van der Waals surface area contributed by atoms with Gasteiger partial charge in [0.25, 0.3) is 11.2 Å². The summed E-state index contributed by atoms with van der Waals surface area (Å²) in [5, 5.41) is 14.9. The zero-order chi connectivity index (χ0) is 25.7. The van der Waals surface area contributed by atoms with Gasteiger partial charge in [0.05, 0.1) is 22.4 Å². The quantitative estimate of drug-likeness (QED) is 0.275. The first kappa shape index (κ1) is 24.9. The van der Waals surface area contributed by atoms with Gasteiger partial charge >= 0.3 is 5.69 Å². The molecule has 0 fully saturated rings. The third kappa shape index (κ3) is 5.69. The topological polar surface area (TPSA) is 116 Å². The summed E-state index contributed by atoms with van der Waals surface area (Å²) in [7, 11) is 0. The number of rotatable bonds is 9. The van der Waals surface area contributed by atoms with Crippen molar-refractivity contribution in [3.63, 3.8) is 0 Å². The summed E-state index contributed by atoms with van der Waals surface area (Å²) in [4.78, 5) is 49.4. The number of aromatic nitrogens is 2. The zero-order valence-corrected chi connectivity index (χ0v) is 20.0. The van der Waals surface area contributed by atoms with E-state index >= 15 is 0 Å². The summed E-state index contributed by atoms with van der Waals surface area (Å²) in [6.45, 7) is 0.350. The van der Waals surface area contributed by atoms with Crippen molar-refractivity contribution in [1.82, 2.24) is 14.5 Å². The van der Waals surface area contributed by atoms with E-state index in [1.165, 1.54) is 16.7 Å². The van der Waals surface area contributed by atoms with E-state index in [-0.39, 0.29) is 31.1 Å². The molecule has 36 heavy (non-hydrogen) atoms. The van der Waals surface area contributed by atoms with Crippen LogP contribution in [-0.2, 0) is 24.3 Å². The number of carbonyl (C=O) groups is 1. The Morgan fingerprint density at radius 1 is 0.944 bits per heavy atom. The predicted molar refractivity (Wildman–Crippen MR) is 137 cm³/mol. The maximum absolute atomic E-state index is 13.3. The van der Waals surface area contributed by atoms with Gasteiger partial charge in [-0.1, -0.05) is 48.0 Å². The van der Waals surface area contributed by atoms with Crippen LogP contribution in [0.4, 0.5) is 5.69 Å². The molecule has 10 heteroatoms. The van der Waals surface area contributed by atoms with Crippen LogP contribution < -0.4 is 16.6 Å². The molecule has 0 radical (unpaired) electrons. The highest BCUT2D eigenvalue weighted by molar-refractivity contribution is 6.30. The largest absolute Gasteiger partial charge is 0.356 e. The molecule has 0 aliphatic heterocycles. The molecule has 4 rings (SSSR count). The molecule has 0 aliphatic carbocycles. The van der Waals surface area contributed by atoms with E-state index in [1.807, 2.05) is 12.1 Å². The number of amides is 1. The molecule has 0 bridgehead atoms. The van der Waals surface area contributed by atoms with Gasteiger partial charge in [-0.05, 0) is 41.8 Å². The fraction of sp³-hybridized carbons (Fsp3) is 0.192. The number of carbonyl (C=O) groups excluding carboxylic acids is 1. The fourth-order valence-electron chi connectivity index (χ4n) is 3.97. The Labute approximate surface area is 210 Å². The minimum Gasteiger partial charge on any atom is -0.356 e. The van der Waals surface area contributed by atoms with Crippen LogP contribution in [0, 0.1) is 10.1 Å². The van der Waals surface area contributed by atoms with Gasteiger partial charge in [0.2, 0.25) is 5.91 Å². The van der Waals surface area contributed by atoms with Crippen LogP contribution in [0.5, 0.6) is 0 Å². The van der Waals surface area contributed by atoms with Crippen molar-refractivity contribution in [2.45, 2.75) is 25.9 Å². The molecule has 184 valence electrons. The smallest absolute Gasteiger partial charge is 0.331 e. The van der Waals surface area contributed by atoms with E-state index in [1.54, 1.807) is 48.5 Å². The first-order valence-corrected chi connectivity index (χ1v) is 11.7. The van der Waals surface area contributed by atoms with Crippen molar-refractivity contribution in [1.29, 1.82) is 0 Å². The van der Waals surface area contributed by atoms with Gasteiger partial charge in [0.1, 0.15) is 0 Å². The fourth-order valence-corrected chi connectivity index (χ4v) is 4.10. The number of hydrogen-bond acceptors (Lipinski definition) is 5. The standard InChI is InChI=1S/C26H23ClN4O5/c27-20-10-8-18(9-11-20)12-14-28-24(32)13-15-29-25(33)22-6-1-2-7-23(22)30(26(29)34)17-19-4-3-5-21(16-19)31(35)36/h1-11,16H,12-15,17H2,(H,28,32). The molecular weight excluding hydrogens is 484 g/mol. The average molecular weight is 507 g/mol. The number of para-hydroxylation sites is 1. The zero-order valence-electron chi connectivity index (χ0n) is 19.2. The van der Waals surface area contributed by atoms with E-state index in [4.69, 9.17) is 11.6 Å². The molecule has 1 N–H and O–H groups in total. The molecule has 0 unspecified atom stereocenters. The van der Waals surface area contributed by atoms with E-state index < -0.39 is 16.2 Å². The molecule has 0 spiro atoms. The van der Waals surface area contributed by atoms with Crippen LogP contribution in [0.25, 0.3) is 10.9 Å². The Bertz CT molecular complexity index is 1540. The number of nitrogens with zero attached hydrogens (tertiary/aromatic N) is 3. The van der Waals surface area contributed by atoms with Crippen LogP contribution in [0.15, 0.2) is 82.4 Å². The third-order valence-corrected chi connectivity index (χ3v) is 6.06. The van der Waals surface area contributed by atoms with Crippen molar-refractivity contribution in [2.75, 3.05) is 6.54 Å². The summed E-state index contributed by atoms with van der Waals surface area (Å²) in [6.07, 6.45) is 0.569. The van der Waals surface area contributed by atoms with Crippen LogP contribution in [0.1, 0.15) is 17.5 Å². The minimum absolute atomic E-state index is 0.0363. The van der Waals surface area contributed by atoms with Gasteiger partial charge < -0.3 is 5.32 Å². The van der Waals surface area contributed by atoms with Crippen molar-refractivity contribution in [3.05, 3.63) is 120 Å². The molecule has 0 atom stereocenters. The summed E-state index contributed by atoms with van der Waals surface area (Å²) in [5.41, 5.74) is 0.825. The molecule has 0 saturated heterocycles. The van der Waals surface area contributed by atoms with E-state index in [0.29, 0.717) is 34.5 Å². The Kier molecular flexibility index (Phi) is 7.60. The average Bonchev–Trinajstić information content (AvgIpc) is 2.88. The highest BCUT2D eigenvalue weighted by atomic mass is 35.5. The van der Waals surface area contributed by atoms with Gasteiger partial charge in [0, 0.05) is 36.7 Å².